The number of carbonyl (C=O) groups excluding carboxylic acids is 1. The zero-order valence-corrected chi connectivity index (χ0v) is 12.8. The van der Waals surface area contributed by atoms with Crippen molar-refractivity contribution < 1.29 is 14.3 Å². The molecule has 1 aliphatic heterocycles. The van der Waals surface area contributed by atoms with Crippen LogP contribution in [0.1, 0.15) is 23.7 Å². The molecular weight excluding hydrogens is 336 g/mol. The van der Waals surface area contributed by atoms with Crippen molar-refractivity contribution in [2.24, 2.45) is 5.73 Å². The minimum Gasteiger partial charge on any atom is -0.454 e. The summed E-state index contributed by atoms with van der Waals surface area (Å²) in [7, 11) is 0. The molecule has 1 unspecified atom stereocenters. The van der Waals surface area contributed by atoms with Crippen molar-refractivity contribution in [2.45, 2.75) is 19.4 Å². The Hall–Kier alpha value is -0.980. The van der Waals surface area contributed by atoms with Gasteiger partial charge >= 0.3 is 0 Å². The van der Waals surface area contributed by atoms with Gasteiger partial charge in [-0.1, -0.05) is 0 Å². The number of nitrogens with one attached hydrogen (secondary N) is 1. The Bertz CT molecular complexity index is 469. The van der Waals surface area contributed by atoms with E-state index in [1.165, 1.54) is 0 Å². The third-order valence-electron chi connectivity index (χ3n) is 2.57. The van der Waals surface area contributed by atoms with Crippen LogP contribution in [-0.4, -0.2) is 25.3 Å². The Kier molecular flexibility index (Phi) is 5.90. The van der Waals surface area contributed by atoms with E-state index in [0.29, 0.717) is 23.6 Å². The van der Waals surface area contributed by atoms with E-state index in [2.05, 4.69) is 21.2 Å². The van der Waals surface area contributed by atoms with Crippen molar-refractivity contribution in [3.05, 3.63) is 22.2 Å². The molecule has 0 aromatic heterocycles. The maximum atomic E-state index is 11.9. The fourth-order valence-electron chi connectivity index (χ4n) is 1.61. The Morgan fingerprint density at radius 2 is 2.26 bits per heavy atom. The lowest BCUT2D eigenvalue weighted by atomic mass is 10.2. The van der Waals surface area contributed by atoms with E-state index in [0.717, 1.165) is 10.9 Å². The van der Waals surface area contributed by atoms with Crippen LogP contribution in [0, 0.1) is 0 Å². The second-order valence-electron chi connectivity index (χ2n) is 4.21. The smallest absolute Gasteiger partial charge is 0.251 e. The highest BCUT2D eigenvalue weighted by molar-refractivity contribution is 9.10. The van der Waals surface area contributed by atoms with E-state index in [9.17, 15) is 4.79 Å². The maximum absolute atomic E-state index is 11.9. The van der Waals surface area contributed by atoms with Crippen molar-refractivity contribution in [2.75, 3.05) is 13.3 Å². The molecule has 106 valence electrons. The van der Waals surface area contributed by atoms with Crippen LogP contribution in [0.15, 0.2) is 16.6 Å². The first-order valence-corrected chi connectivity index (χ1v) is 6.50. The molecule has 0 radical (unpaired) electrons. The average Bonchev–Trinajstić information content (AvgIpc) is 2.76. The molecule has 0 spiro atoms. The lowest BCUT2D eigenvalue weighted by Gasteiger charge is -2.08. The summed E-state index contributed by atoms with van der Waals surface area (Å²) in [4.78, 5) is 11.9. The van der Waals surface area contributed by atoms with Crippen LogP contribution in [0.3, 0.4) is 0 Å². The van der Waals surface area contributed by atoms with Gasteiger partial charge in [-0.3, -0.25) is 4.79 Å². The molecule has 5 nitrogen and oxygen atoms in total. The highest BCUT2D eigenvalue weighted by Gasteiger charge is 2.20. The van der Waals surface area contributed by atoms with Gasteiger partial charge in [-0.05, 0) is 41.4 Å². The van der Waals surface area contributed by atoms with Crippen molar-refractivity contribution >= 4 is 34.2 Å². The topological polar surface area (TPSA) is 73.6 Å². The van der Waals surface area contributed by atoms with Gasteiger partial charge in [0.25, 0.3) is 5.91 Å². The molecule has 1 heterocycles. The fourth-order valence-corrected chi connectivity index (χ4v) is 2.17. The van der Waals surface area contributed by atoms with Gasteiger partial charge in [0.15, 0.2) is 11.5 Å². The van der Waals surface area contributed by atoms with Crippen LogP contribution in [0.2, 0.25) is 0 Å². The lowest BCUT2D eigenvalue weighted by molar-refractivity contribution is 0.0952. The molecule has 0 fully saturated rings. The van der Waals surface area contributed by atoms with Gasteiger partial charge in [0.2, 0.25) is 6.79 Å². The first-order valence-electron chi connectivity index (χ1n) is 5.71. The zero-order valence-electron chi connectivity index (χ0n) is 10.4. The van der Waals surface area contributed by atoms with Crippen LogP contribution in [-0.2, 0) is 0 Å². The van der Waals surface area contributed by atoms with Crippen LogP contribution >= 0.6 is 28.3 Å². The Morgan fingerprint density at radius 1 is 1.53 bits per heavy atom. The van der Waals surface area contributed by atoms with Crippen LogP contribution in [0.4, 0.5) is 0 Å². The van der Waals surface area contributed by atoms with E-state index in [4.69, 9.17) is 15.2 Å². The number of hydrogen-bond acceptors (Lipinski definition) is 4. The van der Waals surface area contributed by atoms with Gasteiger partial charge < -0.3 is 20.5 Å². The minimum atomic E-state index is -0.144. The number of ether oxygens (including phenoxy) is 2. The highest BCUT2D eigenvalue weighted by atomic mass is 79.9. The summed E-state index contributed by atoms with van der Waals surface area (Å²) in [6, 6.07) is 3.47. The third-order valence-corrected chi connectivity index (χ3v) is 3.16. The van der Waals surface area contributed by atoms with Crippen LogP contribution in [0.5, 0.6) is 11.5 Å². The largest absolute Gasteiger partial charge is 0.454 e. The molecule has 0 bridgehead atoms. The number of fused-ring (bicyclic) bond motifs is 1. The second-order valence-corrected chi connectivity index (χ2v) is 5.07. The minimum absolute atomic E-state index is 0. The predicted molar refractivity (Wildman–Crippen MR) is 78.1 cm³/mol. The third kappa shape index (κ3) is 3.99. The lowest BCUT2D eigenvalue weighted by Crippen LogP contribution is -2.28. The number of carbonyl (C=O) groups is 1. The number of halogens is 2. The highest BCUT2D eigenvalue weighted by Crippen LogP contribution is 2.39. The van der Waals surface area contributed by atoms with E-state index in [-0.39, 0.29) is 31.1 Å². The summed E-state index contributed by atoms with van der Waals surface area (Å²) >= 11 is 3.35. The monoisotopic (exact) mass is 350 g/mol. The molecule has 0 saturated carbocycles. The first kappa shape index (κ1) is 16.1. The van der Waals surface area contributed by atoms with Crippen molar-refractivity contribution in [1.82, 2.24) is 5.32 Å². The Balaban J connectivity index is 0.00000180. The molecule has 19 heavy (non-hydrogen) atoms. The Morgan fingerprint density at radius 3 is 2.95 bits per heavy atom. The van der Waals surface area contributed by atoms with Crippen LogP contribution in [0.25, 0.3) is 0 Å². The fraction of sp³-hybridized carbons (Fsp3) is 0.417. The number of amides is 1. The van der Waals surface area contributed by atoms with Gasteiger partial charge in [0, 0.05) is 18.2 Å². The number of rotatable bonds is 4. The molecule has 1 aliphatic rings. The maximum Gasteiger partial charge on any atom is 0.251 e. The van der Waals surface area contributed by atoms with E-state index in [1.54, 1.807) is 12.1 Å². The summed E-state index contributed by atoms with van der Waals surface area (Å²) in [5.41, 5.74) is 6.16. The summed E-state index contributed by atoms with van der Waals surface area (Å²) < 4.78 is 11.2. The van der Waals surface area contributed by atoms with E-state index in [1.807, 2.05) is 6.92 Å². The zero-order chi connectivity index (χ0) is 13.1. The molecule has 0 aliphatic carbocycles. The van der Waals surface area contributed by atoms with Gasteiger partial charge in [-0.2, -0.15) is 0 Å². The molecule has 3 N–H and O–H groups in total. The quantitative estimate of drug-likeness (QED) is 0.871. The van der Waals surface area contributed by atoms with Crippen LogP contribution < -0.4 is 20.5 Å². The molecule has 1 aromatic carbocycles. The normalized spacial score (nSPS) is 13.6. The van der Waals surface area contributed by atoms with Gasteiger partial charge in [0.1, 0.15) is 0 Å². The van der Waals surface area contributed by atoms with Gasteiger partial charge in [-0.25, -0.2) is 0 Å². The summed E-state index contributed by atoms with van der Waals surface area (Å²) in [5, 5.41) is 2.81. The molecule has 7 heteroatoms. The predicted octanol–water partition coefficient (Wildman–Crippen LogP) is 2.07. The van der Waals surface area contributed by atoms with Gasteiger partial charge in [0.05, 0.1) is 4.47 Å². The first-order chi connectivity index (χ1) is 8.58. The van der Waals surface area contributed by atoms with E-state index >= 15 is 0 Å². The van der Waals surface area contributed by atoms with Crippen molar-refractivity contribution in [1.29, 1.82) is 0 Å². The SMILES string of the molecule is CC(N)CCNC(=O)c1cc(Br)c2c(c1)OCO2.Cl. The molecular formula is C12H16BrClN2O3. The standard InChI is InChI=1S/C12H15BrN2O3.ClH/c1-7(14)2-3-15-12(16)8-4-9(13)11-10(5-8)17-6-18-11;/h4-5,7H,2-3,6,14H2,1H3,(H,15,16);1H. The Labute approximate surface area is 126 Å². The van der Waals surface area contributed by atoms with Crippen molar-refractivity contribution in [3.8, 4) is 11.5 Å². The molecule has 1 atom stereocenters. The molecule has 0 saturated heterocycles. The summed E-state index contributed by atoms with van der Waals surface area (Å²) in [5.74, 6) is 1.08. The number of hydrogen-bond donors (Lipinski definition) is 2. The number of nitrogens with two attached hydrogens (primary N) is 1. The van der Waals surface area contributed by atoms with Gasteiger partial charge in [-0.15, -0.1) is 12.4 Å². The van der Waals surface area contributed by atoms with Crippen molar-refractivity contribution in [3.63, 3.8) is 0 Å². The molecule has 2 rings (SSSR count). The number of benzene rings is 1. The molecule has 1 amide bonds. The average molecular weight is 352 g/mol. The summed E-state index contributed by atoms with van der Waals surface area (Å²) in [6.07, 6.45) is 0.747. The van der Waals surface area contributed by atoms with E-state index < -0.39 is 0 Å². The summed E-state index contributed by atoms with van der Waals surface area (Å²) in [6.45, 7) is 2.65. The molecule has 1 aromatic rings. The second kappa shape index (κ2) is 6.98.